The number of anilines is 2. The molecule has 35 heavy (non-hydrogen) atoms. The van der Waals surface area contributed by atoms with Gasteiger partial charge in [-0.05, 0) is 70.1 Å². The molecule has 1 saturated heterocycles. The minimum atomic E-state index is -0.260. The van der Waals surface area contributed by atoms with E-state index in [0.717, 1.165) is 30.0 Å². The Hall–Kier alpha value is -2.54. The molecule has 2 fully saturated rings. The van der Waals surface area contributed by atoms with Crippen LogP contribution in [0.3, 0.4) is 0 Å². The Kier molecular flexibility index (Phi) is 6.80. The number of likely N-dealkylation sites (N-methyl/N-ethyl adjacent to an activating group) is 1. The first kappa shape index (κ1) is 24.2. The lowest BCUT2D eigenvalue weighted by Crippen LogP contribution is -2.55. The Morgan fingerprint density at radius 2 is 1.80 bits per heavy atom. The summed E-state index contributed by atoms with van der Waals surface area (Å²) in [5.41, 5.74) is 4.01. The van der Waals surface area contributed by atoms with Crippen LogP contribution in [0.25, 0.3) is 11.4 Å². The second-order valence-electron chi connectivity index (χ2n) is 9.90. The van der Waals surface area contributed by atoms with Crippen molar-refractivity contribution in [2.75, 3.05) is 30.4 Å². The molecule has 1 amide bonds. The summed E-state index contributed by atoms with van der Waals surface area (Å²) in [6.07, 6.45) is 5.54. The first-order valence-corrected chi connectivity index (χ1v) is 13.0. The molecule has 0 unspecified atom stereocenters. The molecule has 6 nitrogen and oxygen atoms in total. The van der Waals surface area contributed by atoms with Gasteiger partial charge < -0.3 is 15.2 Å². The highest BCUT2D eigenvalue weighted by Gasteiger charge is 2.27. The molecule has 2 aliphatic rings. The number of nitrogens with zero attached hydrogens (tertiary/aromatic N) is 3. The number of rotatable bonds is 5. The fourth-order valence-electron chi connectivity index (χ4n) is 4.88. The van der Waals surface area contributed by atoms with E-state index >= 15 is 0 Å². The zero-order valence-corrected chi connectivity index (χ0v) is 21.8. The van der Waals surface area contributed by atoms with E-state index in [0.29, 0.717) is 45.1 Å². The van der Waals surface area contributed by atoms with Gasteiger partial charge in [-0.2, -0.15) is 0 Å². The van der Waals surface area contributed by atoms with Gasteiger partial charge in [-0.15, -0.1) is 0 Å². The van der Waals surface area contributed by atoms with Gasteiger partial charge in [-0.25, -0.2) is 4.98 Å². The normalized spacial score (nSPS) is 21.1. The van der Waals surface area contributed by atoms with Crippen molar-refractivity contribution >= 4 is 40.5 Å². The third kappa shape index (κ3) is 4.92. The fraction of sp³-hybridized carbons (Fsp3) is 0.407. The van der Waals surface area contributed by atoms with Crippen molar-refractivity contribution in [3.05, 3.63) is 63.9 Å². The lowest BCUT2D eigenvalue weighted by Gasteiger charge is -2.43. The summed E-state index contributed by atoms with van der Waals surface area (Å²) in [4.78, 5) is 25.7. The quantitative estimate of drug-likeness (QED) is 0.414. The molecule has 0 bridgehead atoms. The van der Waals surface area contributed by atoms with E-state index in [1.165, 1.54) is 19.3 Å². The molecule has 1 aliphatic heterocycles. The number of carbonyl (C=O) groups excluding carboxylic acids is 1. The second kappa shape index (κ2) is 9.84. The number of piperazine rings is 1. The number of hydrogen-bond acceptors (Lipinski definition) is 4. The predicted octanol–water partition coefficient (Wildman–Crippen LogP) is 6.43. The molecule has 0 radical (unpaired) electrons. The van der Waals surface area contributed by atoms with Gasteiger partial charge in [0.25, 0.3) is 5.91 Å². The van der Waals surface area contributed by atoms with Crippen molar-refractivity contribution in [2.24, 2.45) is 0 Å². The van der Waals surface area contributed by atoms with E-state index < -0.39 is 0 Å². The molecule has 1 aliphatic carbocycles. The largest absolute Gasteiger partial charge is 0.368 e. The Morgan fingerprint density at radius 3 is 2.46 bits per heavy atom. The van der Waals surface area contributed by atoms with Gasteiger partial charge in [0.1, 0.15) is 5.82 Å². The third-order valence-electron chi connectivity index (χ3n) is 7.54. The van der Waals surface area contributed by atoms with Crippen molar-refractivity contribution in [2.45, 2.75) is 51.1 Å². The van der Waals surface area contributed by atoms with Crippen molar-refractivity contribution in [1.29, 1.82) is 0 Å². The maximum absolute atomic E-state index is 13.1. The smallest absolute Gasteiger partial charge is 0.257 e. The molecule has 2 atom stereocenters. The highest BCUT2D eigenvalue weighted by atomic mass is 35.5. The van der Waals surface area contributed by atoms with Crippen LogP contribution in [-0.4, -0.2) is 53.0 Å². The van der Waals surface area contributed by atoms with Crippen molar-refractivity contribution in [3.63, 3.8) is 0 Å². The summed E-state index contributed by atoms with van der Waals surface area (Å²) >= 11 is 13.0. The van der Waals surface area contributed by atoms with Gasteiger partial charge in [-0.3, -0.25) is 9.69 Å². The molecule has 184 valence electrons. The number of nitrogens with one attached hydrogen (secondary N) is 2. The summed E-state index contributed by atoms with van der Waals surface area (Å²) in [7, 11) is 2.16. The summed E-state index contributed by atoms with van der Waals surface area (Å²) in [6, 6.07) is 12.0. The Morgan fingerprint density at radius 1 is 1.06 bits per heavy atom. The van der Waals surface area contributed by atoms with Crippen LogP contribution >= 0.6 is 23.2 Å². The molecule has 1 saturated carbocycles. The zero-order valence-electron chi connectivity index (χ0n) is 20.3. The van der Waals surface area contributed by atoms with E-state index in [9.17, 15) is 4.79 Å². The molecule has 3 aromatic rings. The Labute approximate surface area is 216 Å². The highest BCUT2D eigenvalue weighted by molar-refractivity contribution is 6.35. The van der Waals surface area contributed by atoms with Gasteiger partial charge in [-0.1, -0.05) is 29.6 Å². The van der Waals surface area contributed by atoms with E-state index in [1.54, 1.807) is 18.2 Å². The predicted molar refractivity (Wildman–Crippen MR) is 144 cm³/mol. The van der Waals surface area contributed by atoms with Crippen LogP contribution in [0.15, 0.2) is 42.6 Å². The number of H-pyrrole nitrogens is 1. The molecule has 0 spiro atoms. The number of aromatic amines is 1. The van der Waals surface area contributed by atoms with Crippen LogP contribution < -0.4 is 10.2 Å². The van der Waals surface area contributed by atoms with Crippen LogP contribution in [0.5, 0.6) is 0 Å². The number of benzene rings is 2. The number of halogens is 2. The summed E-state index contributed by atoms with van der Waals surface area (Å²) in [6.45, 7) is 6.30. The molecule has 2 heterocycles. The van der Waals surface area contributed by atoms with E-state index in [2.05, 4.69) is 46.0 Å². The van der Waals surface area contributed by atoms with Crippen molar-refractivity contribution in [1.82, 2.24) is 14.9 Å². The van der Waals surface area contributed by atoms with Gasteiger partial charge in [0, 0.05) is 59.9 Å². The van der Waals surface area contributed by atoms with Crippen LogP contribution in [-0.2, 0) is 0 Å². The molecule has 1 aromatic heterocycles. The molecular weight excluding hydrogens is 481 g/mol. The number of carbonyl (C=O) groups is 1. The molecule has 2 N–H and O–H groups in total. The monoisotopic (exact) mass is 511 g/mol. The average Bonchev–Trinajstić information content (AvgIpc) is 3.26. The standard InChI is InChI=1S/C27H31Cl2N5O/c1-16-14-34(15-17(2)33(16)3)20-8-9-21(24(29)12-20)27(35)31-19-7-10-23(28)22(11-19)26-30-13-25(32-26)18-5-4-6-18/h7-13,16-18H,4-6,14-15H2,1-3H3,(H,30,32)(H,31,35)/t16-,17+. The molecule has 5 rings (SSSR count). The topological polar surface area (TPSA) is 64.3 Å². The maximum Gasteiger partial charge on any atom is 0.257 e. The van der Waals surface area contributed by atoms with Crippen LogP contribution in [0.2, 0.25) is 10.0 Å². The SMILES string of the molecule is C[C@@H]1CN(c2ccc(C(=O)Nc3ccc(Cl)c(-c4ncc(C5CCC5)[nH]4)c3)c(Cl)c2)C[C@H](C)N1C. The minimum Gasteiger partial charge on any atom is -0.368 e. The average molecular weight is 512 g/mol. The second-order valence-corrected chi connectivity index (χ2v) is 10.7. The fourth-order valence-corrected chi connectivity index (χ4v) is 5.35. The zero-order chi connectivity index (χ0) is 24.7. The van der Waals surface area contributed by atoms with E-state index in [1.807, 2.05) is 24.4 Å². The lowest BCUT2D eigenvalue weighted by molar-refractivity contribution is 0.102. The Bertz CT molecular complexity index is 1230. The minimum absolute atomic E-state index is 0.260. The van der Waals surface area contributed by atoms with Crippen molar-refractivity contribution in [3.8, 4) is 11.4 Å². The molecule has 2 aromatic carbocycles. The maximum atomic E-state index is 13.1. The van der Waals surface area contributed by atoms with Gasteiger partial charge in [0.2, 0.25) is 0 Å². The summed E-state index contributed by atoms with van der Waals surface area (Å²) in [5.74, 6) is 1.01. The third-order valence-corrected chi connectivity index (χ3v) is 8.18. The highest BCUT2D eigenvalue weighted by Crippen LogP contribution is 2.37. The lowest BCUT2D eigenvalue weighted by atomic mass is 9.83. The van der Waals surface area contributed by atoms with E-state index in [4.69, 9.17) is 23.2 Å². The van der Waals surface area contributed by atoms with Gasteiger partial charge in [0.05, 0.1) is 15.6 Å². The van der Waals surface area contributed by atoms with Gasteiger partial charge in [0.15, 0.2) is 0 Å². The van der Waals surface area contributed by atoms with Crippen LogP contribution in [0.4, 0.5) is 11.4 Å². The van der Waals surface area contributed by atoms with Crippen LogP contribution in [0, 0.1) is 0 Å². The number of hydrogen-bond donors (Lipinski definition) is 2. The first-order chi connectivity index (χ1) is 16.8. The number of amides is 1. The first-order valence-electron chi connectivity index (χ1n) is 12.2. The van der Waals surface area contributed by atoms with Gasteiger partial charge >= 0.3 is 0 Å². The number of imidazole rings is 1. The Balaban J connectivity index is 1.31. The van der Waals surface area contributed by atoms with Crippen LogP contribution in [0.1, 0.15) is 55.1 Å². The summed E-state index contributed by atoms with van der Waals surface area (Å²) in [5, 5.41) is 3.98. The number of aromatic nitrogens is 2. The molecule has 8 heteroatoms. The molecular formula is C27H31Cl2N5O. The van der Waals surface area contributed by atoms with Crippen molar-refractivity contribution < 1.29 is 4.79 Å². The summed E-state index contributed by atoms with van der Waals surface area (Å²) < 4.78 is 0. The van der Waals surface area contributed by atoms with E-state index in [-0.39, 0.29) is 5.91 Å².